The first-order chi connectivity index (χ1) is 13.2. The average Bonchev–Trinajstić information content (AvgIpc) is 2.72. The molecule has 0 atom stereocenters. The van der Waals surface area contributed by atoms with Gasteiger partial charge in [-0.15, -0.1) is 0 Å². The van der Waals surface area contributed by atoms with Crippen molar-refractivity contribution in [2.24, 2.45) is 0 Å². The van der Waals surface area contributed by atoms with Crippen molar-refractivity contribution in [2.45, 2.75) is 6.61 Å². The van der Waals surface area contributed by atoms with Gasteiger partial charge in [0.05, 0.1) is 0 Å². The molecule has 132 valence electrons. The van der Waals surface area contributed by atoms with E-state index in [9.17, 15) is 4.79 Å². The van der Waals surface area contributed by atoms with Gasteiger partial charge in [-0.25, -0.2) is 4.79 Å². The Morgan fingerprint density at radius 2 is 1.70 bits per heavy atom. The fraction of sp³-hybridized carbons (Fsp3) is 0.0417. The predicted molar refractivity (Wildman–Crippen MR) is 109 cm³/mol. The molecule has 1 aromatic heterocycles. The number of ether oxygens (including phenoxy) is 1. The largest absolute Gasteiger partial charge is 0.489 e. The minimum absolute atomic E-state index is 0.376. The van der Waals surface area contributed by atoms with Crippen molar-refractivity contribution in [1.82, 2.24) is 0 Å². The molecule has 3 aromatic carbocycles. The lowest BCUT2D eigenvalue weighted by molar-refractivity contribution is 0.306. The molecule has 0 unspecified atom stereocenters. The number of hydrogen-bond acceptors (Lipinski definition) is 3. The second-order valence-electron chi connectivity index (χ2n) is 6.24. The molecule has 0 N–H and O–H groups in total. The van der Waals surface area contributed by atoms with Crippen LogP contribution in [0.25, 0.3) is 28.2 Å². The zero-order valence-corrected chi connectivity index (χ0v) is 14.7. The maximum Gasteiger partial charge on any atom is 0.336 e. The second kappa shape index (κ2) is 7.34. The highest BCUT2D eigenvalue weighted by molar-refractivity contribution is 5.93. The summed E-state index contributed by atoms with van der Waals surface area (Å²) >= 11 is 0. The quantitative estimate of drug-likeness (QED) is 0.433. The lowest BCUT2D eigenvalue weighted by atomic mass is 10.0. The molecule has 0 bridgehead atoms. The molecule has 3 heteroatoms. The third kappa shape index (κ3) is 3.67. The van der Waals surface area contributed by atoms with Gasteiger partial charge in [0, 0.05) is 17.5 Å². The van der Waals surface area contributed by atoms with Gasteiger partial charge < -0.3 is 9.15 Å². The number of fused-ring (bicyclic) bond motifs is 1. The van der Waals surface area contributed by atoms with Crippen LogP contribution in [0.5, 0.6) is 5.75 Å². The molecule has 4 rings (SSSR count). The molecule has 4 aromatic rings. The lowest BCUT2D eigenvalue weighted by Gasteiger charge is -2.09. The van der Waals surface area contributed by atoms with Crippen molar-refractivity contribution in [2.75, 3.05) is 0 Å². The first kappa shape index (κ1) is 16.9. The van der Waals surface area contributed by atoms with Crippen molar-refractivity contribution >= 4 is 17.0 Å². The molecule has 0 aliphatic rings. The van der Waals surface area contributed by atoms with Crippen LogP contribution in [0.4, 0.5) is 0 Å². The smallest absolute Gasteiger partial charge is 0.336 e. The summed E-state index contributed by atoms with van der Waals surface area (Å²) in [5, 5.41) is 0.878. The van der Waals surface area contributed by atoms with Gasteiger partial charge in [0.1, 0.15) is 17.9 Å². The summed E-state index contributed by atoms with van der Waals surface area (Å²) in [6, 6.07) is 24.9. The first-order valence-corrected chi connectivity index (χ1v) is 8.70. The monoisotopic (exact) mass is 354 g/mol. The van der Waals surface area contributed by atoms with E-state index >= 15 is 0 Å². The Hall–Kier alpha value is -3.59. The van der Waals surface area contributed by atoms with Crippen molar-refractivity contribution in [1.29, 1.82) is 0 Å². The van der Waals surface area contributed by atoms with Crippen LogP contribution in [0.2, 0.25) is 0 Å². The fourth-order valence-electron chi connectivity index (χ4n) is 3.01. The lowest BCUT2D eigenvalue weighted by Crippen LogP contribution is -1.99. The Morgan fingerprint density at radius 1 is 0.926 bits per heavy atom. The van der Waals surface area contributed by atoms with E-state index in [0.29, 0.717) is 17.9 Å². The molecule has 1 heterocycles. The highest BCUT2D eigenvalue weighted by Crippen LogP contribution is 2.29. The van der Waals surface area contributed by atoms with E-state index < -0.39 is 0 Å². The third-order valence-corrected chi connectivity index (χ3v) is 4.42. The third-order valence-electron chi connectivity index (χ3n) is 4.42. The van der Waals surface area contributed by atoms with Crippen molar-refractivity contribution in [3.63, 3.8) is 0 Å². The maximum absolute atomic E-state index is 12.0. The van der Waals surface area contributed by atoms with Gasteiger partial charge in [0.25, 0.3) is 0 Å². The maximum atomic E-state index is 12.0. The van der Waals surface area contributed by atoms with Crippen LogP contribution in [0.15, 0.2) is 94.7 Å². The second-order valence-corrected chi connectivity index (χ2v) is 6.24. The van der Waals surface area contributed by atoms with Gasteiger partial charge in [-0.1, -0.05) is 67.3 Å². The zero-order valence-electron chi connectivity index (χ0n) is 14.7. The van der Waals surface area contributed by atoms with E-state index in [1.807, 2.05) is 66.7 Å². The SMILES string of the molecule is C=Cc1ccc(COc2ccc3c(-c4ccccc4)cc(=O)oc3c2)cc1. The molecule has 27 heavy (non-hydrogen) atoms. The Morgan fingerprint density at radius 3 is 2.44 bits per heavy atom. The van der Waals surface area contributed by atoms with Gasteiger partial charge >= 0.3 is 5.63 Å². The molecule has 0 amide bonds. The van der Waals surface area contributed by atoms with Gasteiger partial charge in [0.2, 0.25) is 0 Å². The topological polar surface area (TPSA) is 39.4 Å². The Balaban J connectivity index is 1.64. The predicted octanol–water partition coefficient (Wildman–Crippen LogP) is 5.68. The summed E-state index contributed by atoms with van der Waals surface area (Å²) in [7, 11) is 0. The van der Waals surface area contributed by atoms with Gasteiger partial charge in [-0.2, -0.15) is 0 Å². The molecule has 0 saturated heterocycles. The van der Waals surface area contributed by atoms with Crippen molar-refractivity contribution < 1.29 is 9.15 Å². The molecule has 0 radical (unpaired) electrons. The minimum Gasteiger partial charge on any atom is -0.489 e. The van der Waals surface area contributed by atoms with E-state index in [-0.39, 0.29) is 5.63 Å². The van der Waals surface area contributed by atoms with E-state index in [1.54, 1.807) is 12.1 Å². The Bertz CT molecular complexity index is 1140. The van der Waals surface area contributed by atoms with Crippen LogP contribution in [-0.2, 0) is 6.61 Å². The van der Waals surface area contributed by atoms with E-state index in [2.05, 4.69) is 6.58 Å². The first-order valence-electron chi connectivity index (χ1n) is 8.70. The van der Waals surface area contributed by atoms with Crippen LogP contribution in [0.1, 0.15) is 11.1 Å². The van der Waals surface area contributed by atoms with Crippen LogP contribution in [0, 0.1) is 0 Å². The minimum atomic E-state index is -0.376. The van der Waals surface area contributed by atoms with Gasteiger partial charge in [0.15, 0.2) is 0 Å². The summed E-state index contributed by atoms with van der Waals surface area (Å²) in [6.07, 6.45) is 1.81. The van der Waals surface area contributed by atoms with E-state index in [1.165, 1.54) is 6.07 Å². The summed E-state index contributed by atoms with van der Waals surface area (Å²) in [5.41, 5.74) is 4.10. The van der Waals surface area contributed by atoms with Crippen LogP contribution < -0.4 is 10.4 Å². The van der Waals surface area contributed by atoms with E-state index in [4.69, 9.17) is 9.15 Å². The van der Waals surface area contributed by atoms with Crippen LogP contribution in [0.3, 0.4) is 0 Å². The molecule has 3 nitrogen and oxygen atoms in total. The van der Waals surface area contributed by atoms with Gasteiger partial charge in [-0.05, 0) is 34.4 Å². The fourth-order valence-corrected chi connectivity index (χ4v) is 3.01. The highest BCUT2D eigenvalue weighted by Gasteiger charge is 2.09. The molecule has 0 aliphatic carbocycles. The average molecular weight is 354 g/mol. The standard InChI is InChI=1S/C24H18O3/c1-2-17-8-10-18(11-9-17)16-26-20-12-13-21-22(19-6-4-3-5-7-19)15-24(25)27-23(21)14-20/h2-15H,1,16H2. The highest BCUT2D eigenvalue weighted by atomic mass is 16.5. The summed E-state index contributed by atoms with van der Waals surface area (Å²) in [6.45, 7) is 4.19. The molecular weight excluding hydrogens is 336 g/mol. The van der Waals surface area contributed by atoms with Crippen LogP contribution >= 0.6 is 0 Å². The molecular formula is C24H18O3. The normalized spacial score (nSPS) is 10.7. The number of benzene rings is 3. The number of rotatable bonds is 5. The Labute approximate surface area is 157 Å². The summed E-state index contributed by atoms with van der Waals surface area (Å²) in [4.78, 5) is 12.0. The molecule has 0 fully saturated rings. The molecule has 0 spiro atoms. The summed E-state index contributed by atoms with van der Waals surface area (Å²) in [5.74, 6) is 0.656. The van der Waals surface area contributed by atoms with Gasteiger partial charge in [-0.3, -0.25) is 0 Å². The number of hydrogen-bond donors (Lipinski definition) is 0. The van der Waals surface area contributed by atoms with Crippen molar-refractivity contribution in [3.05, 3.63) is 107 Å². The van der Waals surface area contributed by atoms with Crippen molar-refractivity contribution in [3.8, 4) is 16.9 Å². The van der Waals surface area contributed by atoms with Crippen LogP contribution in [-0.4, -0.2) is 0 Å². The molecule has 0 saturated carbocycles. The summed E-state index contributed by atoms with van der Waals surface area (Å²) < 4.78 is 11.3. The Kier molecular flexibility index (Phi) is 4.58. The zero-order chi connectivity index (χ0) is 18.6. The molecule has 0 aliphatic heterocycles. The van der Waals surface area contributed by atoms with E-state index in [0.717, 1.165) is 27.6 Å².